The standard InChI is InChI=1S/C48H28O/c1-3-9-36-31(7-1)17-18-33-19-20-34(25-41(33)36)29-13-15-30(16-14-29)35-21-23-40-42(26-35)38-11-5-6-12-39(38)43-27-45-47(28-44(40)43)49-46-24-22-32-8-2-4-10-37(32)48(45)46/h1-28H. The van der Waals surface area contributed by atoms with E-state index in [0.717, 1.165) is 11.2 Å². The summed E-state index contributed by atoms with van der Waals surface area (Å²) in [4.78, 5) is 0. The molecule has 0 spiro atoms. The zero-order valence-electron chi connectivity index (χ0n) is 26.6. The van der Waals surface area contributed by atoms with Crippen LogP contribution < -0.4 is 0 Å². The van der Waals surface area contributed by atoms with Crippen molar-refractivity contribution >= 4 is 86.6 Å². The average molecular weight is 621 g/mol. The third-order valence-corrected chi connectivity index (χ3v) is 10.6. The van der Waals surface area contributed by atoms with Crippen molar-refractivity contribution in [2.24, 2.45) is 0 Å². The maximum Gasteiger partial charge on any atom is 0.136 e. The summed E-state index contributed by atoms with van der Waals surface area (Å²) < 4.78 is 6.52. The molecule has 1 heterocycles. The Hall–Kier alpha value is -6.44. The normalized spacial score (nSPS) is 12.1. The zero-order chi connectivity index (χ0) is 32.1. The molecule has 0 N–H and O–H groups in total. The molecule has 10 aromatic carbocycles. The van der Waals surface area contributed by atoms with Crippen LogP contribution in [0.15, 0.2) is 174 Å². The van der Waals surface area contributed by atoms with Crippen LogP contribution in [0.4, 0.5) is 0 Å². The van der Waals surface area contributed by atoms with Gasteiger partial charge in [-0.25, -0.2) is 0 Å². The van der Waals surface area contributed by atoms with Crippen molar-refractivity contribution in [3.8, 4) is 22.3 Å². The number of fused-ring (bicyclic) bond motifs is 14. The first-order chi connectivity index (χ1) is 24.3. The summed E-state index contributed by atoms with van der Waals surface area (Å²) in [5.41, 5.74) is 6.73. The van der Waals surface area contributed by atoms with Crippen molar-refractivity contribution in [3.05, 3.63) is 170 Å². The lowest BCUT2D eigenvalue weighted by atomic mass is 9.90. The van der Waals surface area contributed by atoms with Crippen LogP contribution in [0.5, 0.6) is 0 Å². The highest BCUT2D eigenvalue weighted by Crippen LogP contribution is 2.42. The Morgan fingerprint density at radius 1 is 0.245 bits per heavy atom. The molecule has 1 aromatic heterocycles. The SMILES string of the molecule is c1ccc2c(c1)ccc1ccc(-c3ccc(-c4ccc5c(c4)c4ccccc4c4cc6c(cc54)oc4ccc5ccccc5c46)cc3)cc12. The summed E-state index contributed by atoms with van der Waals surface area (Å²) in [6.07, 6.45) is 0. The number of benzene rings is 10. The highest BCUT2D eigenvalue weighted by Gasteiger charge is 2.16. The van der Waals surface area contributed by atoms with Gasteiger partial charge >= 0.3 is 0 Å². The van der Waals surface area contributed by atoms with E-state index in [4.69, 9.17) is 4.42 Å². The van der Waals surface area contributed by atoms with Gasteiger partial charge in [-0.15, -0.1) is 0 Å². The first-order valence-corrected chi connectivity index (χ1v) is 16.9. The monoisotopic (exact) mass is 620 g/mol. The lowest BCUT2D eigenvalue weighted by Crippen LogP contribution is -1.86. The van der Waals surface area contributed by atoms with E-state index >= 15 is 0 Å². The van der Waals surface area contributed by atoms with Crippen LogP contribution in [0.3, 0.4) is 0 Å². The van der Waals surface area contributed by atoms with Gasteiger partial charge in [0.1, 0.15) is 11.2 Å². The van der Waals surface area contributed by atoms with Gasteiger partial charge in [-0.3, -0.25) is 0 Å². The van der Waals surface area contributed by atoms with Gasteiger partial charge in [-0.05, 0) is 117 Å². The third kappa shape index (κ3) is 3.94. The zero-order valence-corrected chi connectivity index (χ0v) is 26.6. The molecular formula is C48H28O. The molecule has 0 aliphatic carbocycles. The lowest BCUT2D eigenvalue weighted by molar-refractivity contribution is 0.670. The fourth-order valence-corrected chi connectivity index (χ4v) is 8.21. The van der Waals surface area contributed by atoms with Crippen LogP contribution in [-0.2, 0) is 0 Å². The van der Waals surface area contributed by atoms with Gasteiger partial charge in [0.25, 0.3) is 0 Å². The molecule has 0 amide bonds. The number of hydrogen-bond donors (Lipinski definition) is 0. The fourth-order valence-electron chi connectivity index (χ4n) is 8.21. The quantitative estimate of drug-likeness (QED) is 0.175. The van der Waals surface area contributed by atoms with Crippen molar-refractivity contribution < 1.29 is 4.42 Å². The fraction of sp³-hybridized carbons (Fsp3) is 0. The largest absolute Gasteiger partial charge is 0.456 e. The maximum atomic E-state index is 6.52. The van der Waals surface area contributed by atoms with E-state index in [9.17, 15) is 0 Å². The molecule has 49 heavy (non-hydrogen) atoms. The predicted molar refractivity (Wildman–Crippen MR) is 210 cm³/mol. The van der Waals surface area contributed by atoms with Gasteiger partial charge in [0.2, 0.25) is 0 Å². The van der Waals surface area contributed by atoms with Crippen LogP contribution in [0, 0.1) is 0 Å². The molecule has 0 aliphatic heterocycles. The molecular weight excluding hydrogens is 593 g/mol. The first-order valence-electron chi connectivity index (χ1n) is 16.9. The molecule has 0 bridgehead atoms. The Labute approximate surface area is 282 Å². The maximum absolute atomic E-state index is 6.52. The molecule has 0 saturated heterocycles. The molecule has 0 radical (unpaired) electrons. The molecule has 0 atom stereocenters. The second kappa shape index (κ2) is 10.0. The number of rotatable bonds is 2. The smallest absolute Gasteiger partial charge is 0.136 e. The van der Waals surface area contributed by atoms with E-state index in [1.165, 1.54) is 97.7 Å². The molecule has 226 valence electrons. The highest BCUT2D eigenvalue weighted by molar-refractivity contribution is 6.30. The van der Waals surface area contributed by atoms with Gasteiger partial charge < -0.3 is 4.42 Å². The summed E-state index contributed by atoms with van der Waals surface area (Å²) in [7, 11) is 0. The second-order valence-electron chi connectivity index (χ2n) is 13.3. The van der Waals surface area contributed by atoms with Gasteiger partial charge in [0, 0.05) is 10.8 Å². The minimum atomic E-state index is 0.928. The topological polar surface area (TPSA) is 13.1 Å². The molecule has 0 saturated carbocycles. The van der Waals surface area contributed by atoms with Crippen LogP contribution in [-0.4, -0.2) is 0 Å². The Bertz CT molecular complexity index is 3140. The van der Waals surface area contributed by atoms with Gasteiger partial charge in [0.15, 0.2) is 0 Å². The van der Waals surface area contributed by atoms with Crippen molar-refractivity contribution in [1.82, 2.24) is 0 Å². The van der Waals surface area contributed by atoms with Crippen LogP contribution in [0.1, 0.15) is 0 Å². The summed E-state index contributed by atoms with van der Waals surface area (Å²) in [5, 5.41) is 17.4. The minimum Gasteiger partial charge on any atom is -0.456 e. The van der Waals surface area contributed by atoms with Crippen LogP contribution >= 0.6 is 0 Å². The highest BCUT2D eigenvalue weighted by atomic mass is 16.3. The van der Waals surface area contributed by atoms with E-state index in [1.807, 2.05) is 0 Å². The van der Waals surface area contributed by atoms with Crippen molar-refractivity contribution in [2.75, 3.05) is 0 Å². The van der Waals surface area contributed by atoms with Crippen LogP contribution in [0.2, 0.25) is 0 Å². The molecule has 1 nitrogen and oxygen atoms in total. The molecule has 0 fully saturated rings. The summed E-state index contributed by atoms with van der Waals surface area (Å²) in [6.45, 7) is 0. The van der Waals surface area contributed by atoms with E-state index in [1.54, 1.807) is 0 Å². The van der Waals surface area contributed by atoms with E-state index in [-0.39, 0.29) is 0 Å². The molecule has 0 aliphatic rings. The van der Waals surface area contributed by atoms with Crippen LogP contribution in [0.25, 0.3) is 109 Å². The first kappa shape index (κ1) is 26.6. The Morgan fingerprint density at radius 2 is 0.714 bits per heavy atom. The van der Waals surface area contributed by atoms with Gasteiger partial charge in [0.05, 0.1) is 0 Å². The molecule has 1 heteroatoms. The van der Waals surface area contributed by atoms with Crippen molar-refractivity contribution in [2.45, 2.75) is 0 Å². The van der Waals surface area contributed by atoms with Gasteiger partial charge in [-0.1, -0.05) is 140 Å². The molecule has 11 aromatic rings. The van der Waals surface area contributed by atoms with E-state index < -0.39 is 0 Å². The Morgan fingerprint density at radius 3 is 1.45 bits per heavy atom. The van der Waals surface area contributed by atoms with Crippen molar-refractivity contribution in [1.29, 1.82) is 0 Å². The lowest BCUT2D eigenvalue weighted by Gasteiger charge is -2.13. The summed E-state index contributed by atoms with van der Waals surface area (Å²) in [5.74, 6) is 0. The summed E-state index contributed by atoms with van der Waals surface area (Å²) >= 11 is 0. The molecule has 11 rings (SSSR count). The Kier molecular flexibility index (Phi) is 5.45. The third-order valence-electron chi connectivity index (χ3n) is 10.6. The summed E-state index contributed by atoms with van der Waals surface area (Å²) in [6, 6.07) is 62.1. The predicted octanol–water partition coefficient (Wildman–Crippen LogP) is 13.8. The van der Waals surface area contributed by atoms with Crippen molar-refractivity contribution in [3.63, 3.8) is 0 Å². The average Bonchev–Trinajstić information content (AvgIpc) is 3.55. The van der Waals surface area contributed by atoms with E-state index in [2.05, 4.69) is 170 Å². The minimum absolute atomic E-state index is 0.928. The number of hydrogen-bond acceptors (Lipinski definition) is 1. The number of furan rings is 1. The Balaban J connectivity index is 1.06. The molecule has 0 unspecified atom stereocenters. The second-order valence-corrected chi connectivity index (χ2v) is 13.3. The van der Waals surface area contributed by atoms with E-state index in [0.29, 0.717) is 0 Å². The van der Waals surface area contributed by atoms with Gasteiger partial charge in [-0.2, -0.15) is 0 Å².